The summed E-state index contributed by atoms with van der Waals surface area (Å²) in [5.74, 6) is -0.123. The molecule has 0 aliphatic heterocycles. The summed E-state index contributed by atoms with van der Waals surface area (Å²) < 4.78 is 12.1. The minimum absolute atomic E-state index is 0.0166. The quantitative estimate of drug-likeness (QED) is 0.577. The molecule has 0 radical (unpaired) electrons. The summed E-state index contributed by atoms with van der Waals surface area (Å²) >= 11 is 0. The summed E-state index contributed by atoms with van der Waals surface area (Å²) in [6.07, 6.45) is 6.87. The van der Waals surface area contributed by atoms with Gasteiger partial charge in [0.25, 0.3) is 0 Å². The maximum absolute atomic E-state index is 12.1. The highest BCUT2D eigenvalue weighted by atomic mass is 19.1. The van der Waals surface area contributed by atoms with Crippen LogP contribution < -0.4 is 0 Å². The van der Waals surface area contributed by atoms with Gasteiger partial charge < -0.3 is 5.11 Å². The largest absolute Gasteiger partial charge is 0.512 e. The van der Waals surface area contributed by atoms with E-state index in [9.17, 15) is 14.3 Å². The second-order valence-corrected chi connectivity index (χ2v) is 4.69. The second kappa shape index (κ2) is 6.66. The third-order valence-electron chi connectivity index (χ3n) is 3.34. The lowest BCUT2D eigenvalue weighted by Gasteiger charge is -2.19. The Morgan fingerprint density at radius 2 is 2.06 bits per heavy atom. The summed E-state index contributed by atoms with van der Waals surface area (Å²) in [4.78, 5) is 11.8. The highest BCUT2D eigenvalue weighted by Crippen LogP contribution is 2.25. The van der Waals surface area contributed by atoms with Crippen molar-refractivity contribution in [2.24, 2.45) is 11.8 Å². The van der Waals surface area contributed by atoms with Crippen LogP contribution in [0.2, 0.25) is 0 Å². The van der Waals surface area contributed by atoms with E-state index < -0.39 is 6.67 Å². The topological polar surface area (TPSA) is 37.3 Å². The smallest absolute Gasteiger partial charge is 0.162 e. The molecule has 0 heterocycles. The zero-order valence-corrected chi connectivity index (χ0v) is 9.92. The summed E-state index contributed by atoms with van der Waals surface area (Å²) in [7, 11) is 0. The molecule has 16 heavy (non-hydrogen) atoms. The molecule has 1 rings (SSSR count). The van der Waals surface area contributed by atoms with Gasteiger partial charge in [-0.15, -0.1) is 0 Å². The average Bonchev–Trinajstić information content (AvgIpc) is 2.30. The Balaban J connectivity index is 2.49. The molecule has 2 nitrogen and oxygen atoms in total. The molecule has 1 unspecified atom stereocenters. The average molecular weight is 228 g/mol. The summed E-state index contributed by atoms with van der Waals surface area (Å²) in [6, 6.07) is 0. The van der Waals surface area contributed by atoms with Crippen LogP contribution in [-0.2, 0) is 4.79 Å². The van der Waals surface area contributed by atoms with Crippen LogP contribution in [0.4, 0.5) is 4.39 Å². The number of halogens is 1. The normalized spacial score (nSPS) is 20.8. The number of ketones is 1. The van der Waals surface area contributed by atoms with Gasteiger partial charge in [0, 0.05) is 17.9 Å². The molecular formula is C13H21FO2. The van der Waals surface area contributed by atoms with Crippen molar-refractivity contribution in [3.63, 3.8) is 0 Å². The van der Waals surface area contributed by atoms with Crippen LogP contribution in [0.25, 0.3) is 0 Å². The SMILES string of the molecule is CC(CCF)C(O)=CC(=O)C1CCCCC1. The van der Waals surface area contributed by atoms with Crippen molar-refractivity contribution in [2.45, 2.75) is 45.4 Å². The Morgan fingerprint density at radius 1 is 1.44 bits per heavy atom. The number of hydrogen-bond donors (Lipinski definition) is 1. The van der Waals surface area contributed by atoms with E-state index in [4.69, 9.17) is 0 Å². The molecular weight excluding hydrogens is 207 g/mol. The Hall–Kier alpha value is -0.860. The summed E-state index contributed by atoms with van der Waals surface area (Å²) in [5.41, 5.74) is 0. The summed E-state index contributed by atoms with van der Waals surface area (Å²) in [6.45, 7) is 1.27. The number of carbonyl (C=O) groups excluding carboxylic acids is 1. The maximum atomic E-state index is 12.1. The van der Waals surface area contributed by atoms with Gasteiger partial charge in [0.2, 0.25) is 0 Å². The van der Waals surface area contributed by atoms with E-state index in [0.29, 0.717) is 0 Å². The van der Waals surface area contributed by atoms with E-state index in [-0.39, 0.29) is 29.8 Å². The number of allylic oxidation sites excluding steroid dienone is 2. The van der Waals surface area contributed by atoms with Gasteiger partial charge in [-0.1, -0.05) is 26.2 Å². The minimum Gasteiger partial charge on any atom is -0.512 e. The fourth-order valence-corrected chi connectivity index (χ4v) is 2.10. The fourth-order valence-electron chi connectivity index (χ4n) is 2.10. The van der Waals surface area contributed by atoms with E-state index in [2.05, 4.69) is 0 Å². The van der Waals surface area contributed by atoms with Crippen LogP contribution >= 0.6 is 0 Å². The molecule has 0 spiro atoms. The zero-order valence-electron chi connectivity index (χ0n) is 9.92. The molecule has 1 aliphatic rings. The first kappa shape index (κ1) is 13.2. The standard InChI is InChI=1S/C13H21FO2/c1-10(7-8-14)12(15)9-13(16)11-5-3-2-4-6-11/h9-11,15H,2-8H2,1H3. The first-order valence-electron chi connectivity index (χ1n) is 6.15. The monoisotopic (exact) mass is 228 g/mol. The van der Waals surface area contributed by atoms with E-state index in [0.717, 1.165) is 25.7 Å². The van der Waals surface area contributed by atoms with Crippen LogP contribution in [0.5, 0.6) is 0 Å². The van der Waals surface area contributed by atoms with E-state index in [1.165, 1.54) is 12.5 Å². The number of hydrogen-bond acceptors (Lipinski definition) is 2. The number of carbonyl (C=O) groups is 1. The van der Waals surface area contributed by atoms with Gasteiger partial charge in [-0.3, -0.25) is 9.18 Å². The lowest BCUT2D eigenvalue weighted by atomic mass is 9.85. The van der Waals surface area contributed by atoms with E-state index in [1.54, 1.807) is 6.92 Å². The molecule has 0 aromatic carbocycles. The molecule has 1 aliphatic carbocycles. The number of rotatable bonds is 5. The fraction of sp³-hybridized carbons (Fsp3) is 0.769. The van der Waals surface area contributed by atoms with Crippen molar-refractivity contribution in [2.75, 3.05) is 6.67 Å². The Morgan fingerprint density at radius 3 is 2.62 bits per heavy atom. The van der Waals surface area contributed by atoms with Crippen molar-refractivity contribution in [3.05, 3.63) is 11.8 Å². The number of alkyl halides is 1. The first-order chi connectivity index (χ1) is 7.65. The third kappa shape index (κ3) is 3.95. The molecule has 92 valence electrons. The van der Waals surface area contributed by atoms with Crippen LogP contribution in [0.15, 0.2) is 11.8 Å². The number of aliphatic hydroxyl groups is 1. The Labute approximate surface area is 96.5 Å². The molecule has 1 saturated carbocycles. The predicted molar refractivity (Wildman–Crippen MR) is 62.0 cm³/mol. The van der Waals surface area contributed by atoms with Gasteiger partial charge in [0.15, 0.2) is 5.78 Å². The minimum atomic E-state index is -0.462. The van der Waals surface area contributed by atoms with Crippen LogP contribution in [-0.4, -0.2) is 17.6 Å². The molecule has 1 N–H and O–H groups in total. The van der Waals surface area contributed by atoms with Crippen molar-refractivity contribution >= 4 is 5.78 Å². The predicted octanol–water partition coefficient (Wildman–Crippen LogP) is 3.57. The highest BCUT2D eigenvalue weighted by molar-refractivity contribution is 5.92. The van der Waals surface area contributed by atoms with Crippen molar-refractivity contribution in [3.8, 4) is 0 Å². The Bertz CT molecular complexity index is 255. The molecule has 1 fully saturated rings. The van der Waals surface area contributed by atoms with E-state index >= 15 is 0 Å². The van der Waals surface area contributed by atoms with Crippen molar-refractivity contribution < 1.29 is 14.3 Å². The second-order valence-electron chi connectivity index (χ2n) is 4.69. The van der Waals surface area contributed by atoms with Crippen LogP contribution in [0.1, 0.15) is 45.4 Å². The van der Waals surface area contributed by atoms with Crippen LogP contribution in [0.3, 0.4) is 0 Å². The van der Waals surface area contributed by atoms with Gasteiger partial charge in [-0.25, -0.2) is 0 Å². The lowest BCUT2D eigenvalue weighted by molar-refractivity contribution is -0.119. The van der Waals surface area contributed by atoms with Crippen LogP contribution in [0, 0.1) is 11.8 Å². The molecule has 3 heteroatoms. The number of aliphatic hydroxyl groups excluding tert-OH is 1. The zero-order chi connectivity index (χ0) is 12.0. The molecule has 0 aromatic rings. The molecule has 0 amide bonds. The molecule has 0 aromatic heterocycles. The maximum Gasteiger partial charge on any atom is 0.162 e. The molecule has 0 bridgehead atoms. The van der Waals surface area contributed by atoms with Gasteiger partial charge in [0.05, 0.1) is 12.4 Å². The third-order valence-corrected chi connectivity index (χ3v) is 3.34. The summed E-state index contributed by atoms with van der Waals surface area (Å²) in [5, 5.41) is 9.62. The van der Waals surface area contributed by atoms with Gasteiger partial charge >= 0.3 is 0 Å². The van der Waals surface area contributed by atoms with Gasteiger partial charge in [0.1, 0.15) is 0 Å². The van der Waals surface area contributed by atoms with E-state index in [1.807, 2.05) is 0 Å². The van der Waals surface area contributed by atoms with Crippen molar-refractivity contribution in [1.82, 2.24) is 0 Å². The first-order valence-corrected chi connectivity index (χ1v) is 6.15. The molecule has 0 saturated heterocycles. The van der Waals surface area contributed by atoms with Crippen molar-refractivity contribution in [1.29, 1.82) is 0 Å². The highest BCUT2D eigenvalue weighted by Gasteiger charge is 2.20. The Kier molecular flexibility index (Phi) is 5.50. The molecule has 1 atom stereocenters. The van der Waals surface area contributed by atoms with Gasteiger partial charge in [-0.2, -0.15) is 0 Å². The lowest BCUT2D eigenvalue weighted by Crippen LogP contribution is -2.16. The van der Waals surface area contributed by atoms with Gasteiger partial charge in [-0.05, 0) is 19.3 Å².